The van der Waals surface area contributed by atoms with Crippen LogP contribution >= 0.6 is 11.3 Å². The van der Waals surface area contributed by atoms with Crippen molar-refractivity contribution in [3.63, 3.8) is 0 Å². The second-order valence-corrected chi connectivity index (χ2v) is 8.79. The van der Waals surface area contributed by atoms with Gasteiger partial charge in [-0.15, -0.1) is 11.3 Å². The number of benzene rings is 1. The number of nitrogen functional groups attached to an aromatic ring is 1. The smallest absolute Gasteiger partial charge is 0.185 e. The third-order valence-electron chi connectivity index (χ3n) is 2.89. The molecule has 2 N–H and O–H groups in total. The van der Waals surface area contributed by atoms with E-state index in [9.17, 15) is 12.8 Å². The monoisotopic (exact) mass is 328 g/mol. The number of halogens is 1. The van der Waals surface area contributed by atoms with Crippen LogP contribution in [0.2, 0.25) is 0 Å². The van der Waals surface area contributed by atoms with Gasteiger partial charge in [-0.25, -0.2) is 17.8 Å². The van der Waals surface area contributed by atoms with Crippen molar-refractivity contribution >= 4 is 26.9 Å². The lowest BCUT2D eigenvalue weighted by molar-refractivity contribution is 0.570. The SMILES string of the molecule is CC(C)(C)c1csc(CS(=O)(=O)c2cc(N)cc(F)c2)n1. The Morgan fingerprint density at radius 3 is 2.48 bits per heavy atom. The predicted molar refractivity (Wildman–Crippen MR) is 82.5 cm³/mol. The van der Waals surface area contributed by atoms with Crippen LogP contribution in [0.5, 0.6) is 0 Å². The second-order valence-electron chi connectivity index (χ2n) is 5.86. The van der Waals surface area contributed by atoms with Crippen molar-refractivity contribution < 1.29 is 12.8 Å². The van der Waals surface area contributed by atoms with E-state index in [2.05, 4.69) is 4.98 Å². The Hall–Kier alpha value is -1.47. The molecule has 0 radical (unpaired) electrons. The zero-order valence-corrected chi connectivity index (χ0v) is 13.7. The Balaban J connectivity index is 2.31. The fourth-order valence-corrected chi connectivity index (χ4v) is 4.44. The highest BCUT2D eigenvalue weighted by Crippen LogP contribution is 2.26. The summed E-state index contributed by atoms with van der Waals surface area (Å²) >= 11 is 1.29. The van der Waals surface area contributed by atoms with Crippen molar-refractivity contribution in [2.45, 2.75) is 36.8 Å². The van der Waals surface area contributed by atoms with Crippen molar-refractivity contribution in [1.29, 1.82) is 0 Å². The molecule has 21 heavy (non-hydrogen) atoms. The lowest BCUT2D eigenvalue weighted by atomic mass is 9.93. The minimum atomic E-state index is -3.66. The van der Waals surface area contributed by atoms with E-state index in [0.717, 1.165) is 17.8 Å². The van der Waals surface area contributed by atoms with E-state index >= 15 is 0 Å². The summed E-state index contributed by atoms with van der Waals surface area (Å²) in [5, 5.41) is 2.34. The molecule has 2 aromatic rings. The molecule has 1 heterocycles. The van der Waals surface area contributed by atoms with Gasteiger partial charge in [0.1, 0.15) is 16.6 Å². The van der Waals surface area contributed by atoms with Gasteiger partial charge >= 0.3 is 0 Å². The molecule has 0 fully saturated rings. The molecule has 7 heteroatoms. The third-order valence-corrected chi connectivity index (χ3v) is 5.53. The number of hydrogen-bond acceptors (Lipinski definition) is 5. The van der Waals surface area contributed by atoms with E-state index in [4.69, 9.17) is 5.73 Å². The first-order valence-electron chi connectivity index (χ1n) is 6.32. The van der Waals surface area contributed by atoms with Crippen molar-refractivity contribution in [3.8, 4) is 0 Å². The first-order chi connectivity index (χ1) is 9.58. The maximum atomic E-state index is 13.3. The van der Waals surface area contributed by atoms with E-state index in [1.165, 1.54) is 17.4 Å². The van der Waals surface area contributed by atoms with Crippen molar-refractivity contribution in [2.24, 2.45) is 0 Å². The summed E-state index contributed by atoms with van der Waals surface area (Å²) in [7, 11) is -3.66. The quantitative estimate of drug-likeness (QED) is 0.879. The van der Waals surface area contributed by atoms with E-state index in [0.29, 0.717) is 5.01 Å². The van der Waals surface area contributed by atoms with E-state index in [1.54, 1.807) is 0 Å². The Morgan fingerprint density at radius 1 is 1.29 bits per heavy atom. The normalized spacial score (nSPS) is 12.6. The standard InChI is InChI=1S/C14H17FN2O2S2/c1-14(2,3)12-7-20-13(17-12)8-21(18,19)11-5-9(15)4-10(16)6-11/h4-7H,8,16H2,1-3H3. The van der Waals surface area contributed by atoms with Gasteiger partial charge in [0.25, 0.3) is 0 Å². The van der Waals surface area contributed by atoms with Crippen LogP contribution in [0.25, 0.3) is 0 Å². The lowest BCUT2D eigenvalue weighted by Gasteiger charge is -2.14. The molecule has 0 saturated carbocycles. The van der Waals surface area contributed by atoms with Gasteiger partial charge < -0.3 is 5.73 Å². The van der Waals surface area contributed by atoms with Crippen LogP contribution < -0.4 is 5.73 Å². The highest BCUT2D eigenvalue weighted by molar-refractivity contribution is 7.90. The van der Waals surface area contributed by atoms with Crippen LogP contribution in [0.4, 0.5) is 10.1 Å². The molecule has 0 saturated heterocycles. The Morgan fingerprint density at radius 2 is 1.95 bits per heavy atom. The summed E-state index contributed by atoms with van der Waals surface area (Å²) in [6.45, 7) is 6.02. The summed E-state index contributed by atoms with van der Waals surface area (Å²) in [4.78, 5) is 4.23. The average Bonchev–Trinajstić information content (AvgIpc) is 2.75. The van der Waals surface area contributed by atoms with Gasteiger partial charge in [-0.2, -0.15) is 0 Å². The van der Waals surface area contributed by atoms with Crippen LogP contribution in [0.3, 0.4) is 0 Å². The Bertz CT molecular complexity index is 741. The van der Waals surface area contributed by atoms with Crippen LogP contribution in [0, 0.1) is 5.82 Å². The third kappa shape index (κ3) is 3.79. The lowest BCUT2D eigenvalue weighted by Crippen LogP contribution is -2.12. The first kappa shape index (κ1) is 15.9. The minimum absolute atomic E-state index is 0.0862. The van der Waals surface area contributed by atoms with Crippen LogP contribution in [-0.2, 0) is 21.0 Å². The molecule has 0 aliphatic carbocycles. The number of hydrogen-bond donors (Lipinski definition) is 1. The molecule has 1 aromatic carbocycles. The summed E-state index contributed by atoms with van der Waals surface area (Å²) in [5.41, 5.74) is 6.29. The summed E-state index contributed by atoms with van der Waals surface area (Å²) in [6, 6.07) is 3.32. The van der Waals surface area contributed by atoms with E-state index < -0.39 is 15.7 Å². The average molecular weight is 328 g/mol. The number of nitrogens with zero attached hydrogens (tertiary/aromatic N) is 1. The largest absolute Gasteiger partial charge is 0.399 e. The number of nitrogens with two attached hydrogens (primary N) is 1. The molecule has 0 amide bonds. The van der Waals surface area contributed by atoms with Gasteiger partial charge in [-0.1, -0.05) is 20.8 Å². The zero-order valence-electron chi connectivity index (χ0n) is 12.1. The Kier molecular flexibility index (Phi) is 4.08. The zero-order chi connectivity index (χ0) is 15.8. The summed E-state index contributed by atoms with van der Waals surface area (Å²) in [5.74, 6) is -0.917. The molecule has 0 spiro atoms. The van der Waals surface area contributed by atoms with Gasteiger partial charge in [-0.05, 0) is 18.2 Å². The van der Waals surface area contributed by atoms with E-state index in [1.807, 2.05) is 26.2 Å². The molecule has 1 aromatic heterocycles. The molecular weight excluding hydrogens is 311 g/mol. The molecule has 0 unspecified atom stereocenters. The highest BCUT2D eigenvalue weighted by Gasteiger charge is 2.22. The van der Waals surface area contributed by atoms with Crippen LogP contribution in [0.15, 0.2) is 28.5 Å². The van der Waals surface area contributed by atoms with Gasteiger partial charge in [0, 0.05) is 16.5 Å². The minimum Gasteiger partial charge on any atom is -0.399 e. The van der Waals surface area contributed by atoms with Gasteiger partial charge in [-0.3, -0.25) is 0 Å². The molecule has 0 bridgehead atoms. The molecule has 2 rings (SSSR count). The number of thiazole rings is 1. The highest BCUT2D eigenvalue weighted by atomic mass is 32.2. The topological polar surface area (TPSA) is 73.0 Å². The molecule has 0 aliphatic heterocycles. The molecule has 0 atom stereocenters. The number of rotatable bonds is 3. The molecule has 114 valence electrons. The van der Waals surface area contributed by atoms with Crippen LogP contribution in [0.1, 0.15) is 31.5 Å². The summed E-state index contributed by atoms with van der Waals surface area (Å²) in [6.07, 6.45) is 0. The van der Waals surface area contributed by atoms with Gasteiger partial charge in [0.05, 0.1) is 10.6 Å². The fourth-order valence-electron chi connectivity index (χ4n) is 1.73. The van der Waals surface area contributed by atoms with Crippen LogP contribution in [-0.4, -0.2) is 13.4 Å². The molecule has 4 nitrogen and oxygen atoms in total. The number of sulfone groups is 1. The van der Waals surface area contributed by atoms with Crippen molar-refractivity contribution in [1.82, 2.24) is 4.98 Å². The maximum Gasteiger partial charge on any atom is 0.185 e. The van der Waals surface area contributed by atoms with Crippen molar-refractivity contribution in [3.05, 3.63) is 40.1 Å². The number of aromatic nitrogens is 1. The van der Waals surface area contributed by atoms with E-state index in [-0.39, 0.29) is 21.8 Å². The molecular formula is C14H17FN2O2S2. The second kappa shape index (κ2) is 5.38. The Labute approximate surface area is 127 Å². The summed E-state index contributed by atoms with van der Waals surface area (Å²) < 4.78 is 37.9. The fraction of sp³-hybridized carbons (Fsp3) is 0.357. The molecule has 0 aliphatic rings. The predicted octanol–water partition coefficient (Wildman–Crippen LogP) is 3.14. The number of anilines is 1. The maximum absolute atomic E-state index is 13.3. The van der Waals surface area contributed by atoms with Gasteiger partial charge in [0.2, 0.25) is 0 Å². The van der Waals surface area contributed by atoms with Gasteiger partial charge in [0.15, 0.2) is 9.84 Å². The first-order valence-corrected chi connectivity index (χ1v) is 8.85. The van der Waals surface area contributed by atoms with Crippen molar-refractivity contribution in [2.75, 3.05) is 5.73 Å².